The van der Waals surface area contributed by atoms with Gasteiger partial charge in [0.2, 0.25) is 0 Å². The molecule has 6 nitrogen and oxygen atoms in total. The van der Waals surface area contributed by atoms with E-state index in [9.17, 15) is 14.4 Å². The van der Waals surface area contributed by atoms with E-state index in [1.807, 2.05) is 0 Å². The summed E-state index contributed by atoms with van der Waals surface area (Å²) in [6.07, 6.45) is 3.50. The Morgan fingerprint density at radius 2 is 1.50 bits per heavy atom. The Bertz CT molecular complexity index is 803. The number of hydrogen-bond acceptors (Lipinski definition) is 4. The van der Waals surface area contributed by atoms with Crippen molar-refractivity contribution in [2.24, 2.45) is 0 Å². The summed E-state index contributed by atoms with van der Waals surface area (Å²) in [5.41, 5.74) is 1.40. The molecule has 0 aromatic heterocycles. The van der Waals surface area contributed by atoms with Crippen LogP contribution in [0.15, 0.2) is 54.6 Å². The highest BCUT2D eigenvalue weighted by atomic mass is 16.5. The molecule has 0 heterocycles. The first-order valence-electron chi connectivity index (χ1n) is 7.96. The molecule has 0 bridgehead atoms. The second-order valence-corrected chi connectivity index (χ2v) is 5.49. The molecule has 0 amide bonds. The third-order valence-electron chi connectivity index (χ3n) is 3.53. The van der Waals surface area contributed by atoms with E-state index in [1.54, 1.807) is 42.5 Å². The van der Waals surface area contributed by atoms with Crippen LogP contribution in [0.1, 0.15) is 39.1 Å². The van der Waals surface area contributed by atoms with Crippen LogP contribution >= 0.6 is 0 Å². The molecule has 2 aromatic carbocycles. The molecular formula is C20H18O6. The number of hydrogen-bond donors (Lipinski definition) is 2. The van der Waals surface area contributed by atoms with Gasteiger partial charge in [-0.05, 0) is 54.5 Å². The third-order valence-corrected chi connectivity index (χ3v) is 3.53. The number of benzene rings is 2. The predicted molar refractivity (Wildman–Crippen MR) is 95.6 cm³/mol. The van der Waals surface area contributed by atoms with Crippen molar-refractivity contribution in [2.45, 2.75) is 12.8 Å². The van der Waals surface area contributed by atoms with Crippen LogP contribution in [0.2, 0.25) is 0 Å². The molecule has 26 heavy (non-hydrogen) atoms. The molecule has 134 valence electrons. The van der Waals surface area contributed by atoms with Gasteiger partial charge in [-0.1, -0.05) is 18.2 Å². The lowest BCUT2D eigenvalue weighted by Crippen LogP contribution is -2.02. The molecule has 0 fully saturated rings. The first-order valence-corrected chi connectivity index (χ1v) is 7.96. The van der Waals surface area contributed by atoms with E-state index in [-0.39, 0.29) is 17.8 Å². The molecule has 0 radical (unpaired) electrons. The minimum absolute atomic E-state index is 0.0504. The average Bonchev–Trinajstić information content (AvgIpc) is 2.64. The molecule has 0 saturated heterocycles. The maximum Gasteiger partial charge on any atom is 0.335 e. The van der Waals surface area contributed by atoms with Crippen molar-refractivity contribution >= 4 is 23.8 Å². The summed E-state index contributed by atoms with van der Waals surface area (Å²) < 4.78 is 5.41. The molecule has 2 aromatic rings. The number of aromatic carboxylic acids is 1. The van der Waals surface area contributed by atoms with E-state index < -0.39 is 11.9 Å². The normalized spacial score (nSPS) is 10.6. The minimum atomic E-state index is -0.998. The summed E-state index contributed by atoms with van der Waals surface area (Å²) in [6.45, 7) is 0.297. The van der Waals surface area contributed by atoms with Gasteiger partial charge < -0.3 is 14.9 Å². The molecule has 0 aliphatic carbocycles. The topological polar surface area (TPSA) is 101 Å². The van der Waals surface area contributed by atoms with Crippen molar-refractivity contribution in [3.05, 3.63) is 71.3 Å². The van der Waals surface area contributed by atoms with Gasteiger partial charge in [0, 0.05) is 12.0 Å². The second-order valence-electron chi connectivity index (χ2n) is 5.49. The van der Waals surface area contributed by atoms with Crippen LogP contribution < -0.4 is 4.74 Å². The van der Waals surface area contributed by atoms with Crippen LogP contribution in [0.3, 0.4) is 0 Å². The van der Waals surface area contributed by atoms with Gasteiger partial charge in [0.1, 0.15) is 5.75 Å². The van der Waals surface area contributed by atoms with Crippen LogP contribution in [0, 0.1) is 0 Å². The van der Waals surface area contributed by atoms with E-state index >= 15 is 0 Å². The Labute approximate surface area is 150 Å². The van der Waals surface area contributed by atoms with Gasteiger partial charge in [0.05, 0.1) is 12.2 Å². The van der Waals surface area contributed by atoms with Crippen molar-refractivity contribution < 1.29 is 29.3 Å². The monoisotopic (exact) mass is 354 g/mol. The van der Waals surface area contributed by atoms with Crippen LogP contribution in [0.4, 0.5) is 0 Å². The zero-order valence-corrected chi connectivity index (χ0v) is 13.9. The number of carboxylic acid groups (broad SMARTS) is 2. The molecule has 0 unspecified atom stereocenters. The largest absolute Gasteiger partial charge is 0.494 e. The SMILES string of the molecule is O=C(O)CCCOc1ccc(C(=O)/C=C/c2ccc(C(=O)O)cc2)cc1. The number of carbonyl (C=O) groups is 3. The van der Waals surface area contributed by atoms with Crippen molar-refractivity contribution in [1.29, 1.82) is 0 Å². The fourth-order valence-electron chi connectivity index (χ4n) is 2.13. The fraction of sp³-hybridized carbons (Fsp3) is 0.150. The van der Waals surface area contributed by atoms with Gasteiger partial charge in [-0.15, -0.1) is 0 Å². The number of carboxylic acids is 2. The zero-order chi connectivity index (χ0) is 18.9. The van der Waals surface area contributed by atoms with E-state index in [4.69, 9.17) is 14.9 Å². The molecule has 0 atom stereocenters. The maximum atomic E-state index is 12.2. The van der Waals surface area contributed by atoms with E-state index in [1.165, 1.54) is 18.2 Å². The summed E-state index contributed by atoms with van der Waals surface area (Å²) in [4.78, 5) is 33.4. The van der Waals surface area contributed by atoms with Gasteiger partial charge in [-0.2, -0.15) is 0 Å². The molecule has 2 N–H and O–H groups in total. The Morgan fingerprint density at radius 3 is 2.08 bits per heavy atom. The van der Waals surface area contributed by atoms with E-state index in [0.29, 0.717) is 24.3 Å². The van der Waals surface area contributed by atoms with E-state index in [2.05, 4.69) is 0 Å². The van der Waals surface area contributed by atoms with E-state index in [0.717, 1.165) is 5.56 Å². The number of aliphatic carboxylic acids is 1. The molecule has 0 spiro atoms. The predicted octanol–water partition coefficient (Wildman–Crippen LogP) is 3.52. The maximum absolute atomic E-state index is 12.2. The summed E-state index contributed by atoms with van der Waals surface area (Å²) in [6, 6.07) is 12.8. The first-order chi connectivity index (χ1) is 12.5. The summed E-state index contributed by atoms with van der Waals surface area (Å²) in [7, 11) is 0. The van der Waals surface area contributed by atoms with Gasteiger partial charge in [0.25, 0.3) is 0 Å². The third kappa shape index (κ3) is 5.90. The molecular weight excluding hydrogens is 336 g/mol. The van der Waals surface area contributed by atoms with Gasteiger partial charge in [0.15, 0.2) is 5.78 Å². The smallest absolute Gasteiger partial charge is 0.335 e. The standard InChI is InChI=1S/C20H18O6/c21-18(12-5-14-3-6-16(7-4-14)20(24)25)15-8-10-17(11-9-15)26-13-1-2-19(22)23/h3-12H,1-2,13H2,(H,22,23)(H,24,25)/b12-5+. The number of carbonyl (C=O) groups excluding carboxylic acids is 1. The second kappa shape index (κ2) is 9.17. The number of ketones is 1. The van der Waals surface area contributed by atoms with Crippen molar-refractivity contribution in [3.8, 4) is 5.75 Å². The van der Waals surface area contributed by atoms with Gasteiger partial charge in [-0.25, -0.2) is 4.79 Å². The lowest BCUT2D eigenvalue weighted by molar-refractivity contribution is -0.137. The number of ether oxygens (including phenoxy) is 1. The number of allylic oxidation sites excluding steroid dienone is 1. The summed E-state index contributed by atoms with van der Waals surface area (Å²) in [5.74, 6) is -1.48. The van der Waals surface area contributed by atoms with Crippen molar-refractivity contribution in [1.82, 2.24) is 0 Å². The highest BCUT2D eigenvalue weighted by Gasteiger charge is 2.04. The minimum Gasteiger partial charge on any atom is -0.494 e. The Morgan fingerprint density at radius 1 is 0.885 bits per heavy atom. The highest BCUT2D eigenvalue weighted by molar-refractivity contribution is 6.06. The van der Waals surface area contributed by atoms with Crippen LogP contribution in [0.5, 0.6) is 5.75 Å². The lowest BCUT2D eigenvalue weighted by Gasteiger charge is -2.05. The summed E-state index contributed by atoms with van der Waals surface area (Å²) in [5, 5.41) is 17.4. The lowest BCUT2D eigenvalue weighted by atomic mass is 10.1. The fourth-order valence-corrected chi connectivity index (χ4v) is 2.13. The summed E-state index contributed by atoms with van der Waals surface area (Å²) >= 11 is 0. The van der Waals surface area contributed by atoms with Gasteiger partial charge in [-0.3, -0.25) is 9.59 Å². The number of rotatable bonds is 9. The molecule has 0 aliphatic rings. The quantitative estimate of drug-likeness (QED) is 0.406. The Hall–Kier alpha value is -3.41. The van der Waals surface area contributed by atoms with Gasteiger partial charge >= 0.3 is 11.9 Å². The van der Waals surface area contributed by atoms with Crippen LogP contribution in [-0.4, -0.2) is 34.5 Å². The van der Waals surface area contributed by atoms with Crippen LogP contribution in [0.25, 0.3) is 6.08 Å². The Balaban J connectivity index is 1.90. The molecule has 6 heteroatoms. The Kier molecular flexibility index (Phi) is 6.68. The van der Waals surface area contributed by atoms with Crippen molar-refractivity contribution in [2.75, 3.05) is 6.61 Å². The first kappa shape index (κ1) is 18.9. The molecule has 2 rings (SSSR count). The average molecular weight is 354 g/mol. The highest BCUT2D eigenvalue weighted by Crippen LogP contribution is 2.14. The van der Waals surface area contributed by atoms with Crippen molar-refractivity contribution in [3.63, 3.8) is 0 Å². The zero-order valence-electron chi connectivity index (χ0n) is 13.9. The van der Waals surface area contributed by atoms with Crippen LogP contribution in [-0.2, 0) is 4.79 Å². The molecule has 0 saturated carbocycles. The molecule has 0 aliphatic heterocycles.